The van der Waals surface area contributed by atoms with E-state index in [1.165, 1.54) is 6.07 Å². The lowest BCUT2D eigenvalue weighted by molar-refractivity contribution is 0.574. The lowest BCUT2D eigenvalue weighted by atomic mass is 10.2. The number of rotatable bonds is 4. The van der Waals surface area contributed by atoms with Gasteiger partial charge in [0.2, 0.25) is 0 Å². The van der Waals surface area contributed by atoms with Crippen molar-refractivity contribution in [2.24, 2.45) is 5.73 Å². The van der Waals surface area contributed by atoms with Crippen molar-refractivity contribution in [1.82, 2.24) is 9.55 Å². The summed E-state index contributed by atoms with van der Waals surface area (Å²) in [5.74, 6) is -0.860. The highest BCUT2D eigenvalue weighted by Gasteiger charge is 2.07. The van der Waals surface area contributed by atoms with Crippen LogP contribution in [0, 0.1) is 11.6 Å². The smallest absolute Gasteiger partial charge is 0.128 e. The summed E-state index contributed by atoms with van der Waals surface area (Å²) in [4.78, 5) is 3.98. The number of hydrogen-bond acceptors (Lipinski definition) is 2. The Balaban J connectivity index is 2.25. The molecular weight excluding hydrogens is 224 g/mol. The van der Waals surface area contributed by atoms with Gasteiger partial charge in [-0.3, -0.25) is 0 Å². The molecule has 0 aliphatic carbocycles. The van der Waals surface area contributed by atoms with E-state index in [2.05, 4.69) is 4.98 Å². The molecule has 0 amide bonds. The minimum Gasteiger partial charge on any atom is -0.330 e. The summed E-state index contributed by atoms with van der Waals surface area (Å²) < 4.78 is 28.2. The largest absolute Gasteiger partial charge is 0.330 e. The number of nitrogens with two attached hydrogens (primary N) is 1. The van der Waals surface area contributed by atoms with E-state index < -0.39 is 11.6 Å². The highest BCUT2D eigenvalue weighted by atomic mass is 19.1. The van der Waals surface area contributed by atoms with E-state index in [-0.39, 0.29) is 6.54 Å². The standard InChI is InChI=1S/C12H13F2N3/c13-10-1-2-12(14)9(5-10)7-17-8-16-6-11(17)3-4-15/h1-2,5-6,8H,3-4,7,15H2. The van der Waals surface area contributed by atoms with Crippen LogP contribution >= 0.6 is 0 Å². The molecule has 90 valence electrons. The van der Waals surface area contributed by atoms with Gasteiger partial charge in [-0.25, -0.2) is 13.8 Å². The molecular formula is C12H13F2N3. The first kappa shape index (κ1) is 11.7. The Morgan fingerprint density at radius 3 is 2.88 bits per heavy atom. The van der Waals surface area contributed by atoms with Crippen molar-refractivity contribution in [3.8, 4) is 0 Å². The highest BCUT2D eigenvalue weighted by Crippen LogP contribution is 2.12. The fourth-order valence-corrected chi connectivity index (χ4v) is 1.69. The summed E-state index contributed by atoms with van der Waals surface area (Å²) in [6.07, 6.45) is 3.94. The van der Waals surface area contributed by atoms with Crippen LogP contribution in [0.4, 0.5) is 8.78 Å². The van der Waals surface area contributed by atoms with Gasteiger partial charge in [-0.2, -0.15) is 0 Å². The maximum Gasteiger partial charge on any atom is 0.128 e. The molecule has 0 aliphatic rings. The second kappa shape index (κ2) is 5.05. The van der Waals surface area contributed by atoms with Crippen LogP contribution in [0.1, 0.15) is 11.3 Å². The maximum absolute atomic E-state index is 13.5. The van der Waals surface area contributed by atoms with Crippen molar-refractivity contribution in [3.63, 3.8) is 0 Å². The minimum atomic E-state index is -0.443. The van der Waals surface area contributed by atoms with Gasteiger partial charge in [0.1, 0.15) is 11.6 Å². The van der Waals surface area contributed by atoms with Crippen LogP contribution in [-0.2, 0) is 13.0 Å². The fourth-order valence-electron chi connectivity index (χ4n) is 1.69. The van der Waals surface area contributed by atoms with Crippen LogP contribution in [-0.4, -0.2) is 16.1 Å². The van der Waals surface area contributed by atoms with E-state index in [0.717, 1.165) is 17.8 Å². The van der Waals surface area contributed by atoms with Gasteiger partial charge in [-0.15, -0.1) is 0 Å². The summed E-state index contributed by atoms with van der Waals surface area (Å²) >= 11 is 0. The topological polar surface area (TPSA) is 43.8 Å². The Labute approximate surface area is 97.9 Å². The molecule has 2 rings (SSSR count). The highest BCUT2D eigenvalue weighted by molar-refractivity contribution is 5.19. The second-order valence-corrected chi connectivity index (χ2v) is 3.79. The lowest BCUT2D eigenvalue weighted by Gasteiger charge is -2.08. The maximum atomic E-state index is 13.5. The molecule has 17 heavy (non-hydrogen) atoms. The number of nitrogens with zero attached hydrogens (tertiary/aromatic N) is 2. The van der Waals surface area contributed by atoms with Crippen LogP contribution in [0.5, 0.6) is 0 Å². The van der Waals surface area contributed by atoms with Crippen molar-refractivity contribution in [1.29, 1.82) is 0 Å². The molecule has 0 bridgehead atoms. The molecule has 0 aliphatic heterocycles. The predicted octanol–water partition coefficient (Wildman–Crippen LogP) is 1.71. The van der Waals surface area contributed by atoms with Crippen molar-refractivity contribution >= 4 is 0 Å². The van der Waals surface area contributed by atoms with Crippen molar-refractivity contribution in [2.75, 3.05) is 6.54 Å². The first-order valence-electron chi connectivity index (χ1n) is 5.33. The van der Waals surface area contributed by atoms with Gasteiger partial charge in [0.25, 0.3) is 0 Å². The molecule has 2 aromatic rings. The summed E-state index contributed by atoms with van der Waals surface area (Å²) in [5, 5.41) is 0. The zero-order chi connectivity index (χ0) is 12.3. The average Bonchev–Trinajstić information content (AvgIpc) is 2.72. The summed E-state index contributed by atoms with van der Waals surface area (Å²) in [5.41, 5.74) is 6.68. The van der Waals surface area contributed by atoms with Gasteiger partial charge in [0, 0.05) is 23.9 Å². The Morgan fingerprint density at radius 1 is 1.29 bits per heavy atom. The molecule has 1 aromatic carbocycles. The third kappa shape index (κ3) is 2.68. The quantitative estimate of drug-likeness (QED) is 0.879. The van der Waals surface area contributed by atoms with Gasteiger partial charge >= 0.3 is 0 Å². The molecule has 0 fully saturated rings. The number of hydrogen-bond donors (Lipinski definition) is 1. The van der Waals surface area contributed by atoms with E-state index in [1.54, 1.807) is 17.1 Å². The predicted molar refractivity (Wildman–Crippen MR) is 60.4 cm³/mol. The normalized spacial score (nSPS) is 10.8. The molecule has 1 heterocycles. The molecule has 0 spiro atoms. The SMILES string of the molecule is NCCc1cncn1Cc1cc(F)ccc1F. The molecule has 0 saturated heterocycles. The zero-order valence-corrected chi connectivity index (χ0v) is 9.24. The van der Waals surface area contributed by atoms with Gasteiger partial charge in [0.15, 0.2) is 0 Å². The summed E-state index contributed by atoms with van der Waals surface area (Å²) in [6, 6.07) is 3.43. The molecule has 1 aromatic heterocycles. The first-order valence-corrected chi connectivity index (χ1v) is 5.33. The van der Waals surface area contributed by atoms with Gasteiger partial charge < -0.3 is 10.3 Å². The number of imidazole rings is 1. The van der Waals surface area contributed by atoms with Crippen LogP contribution in [0.25, 0.3) is 0 Å². The summed E-state index contributed by atoms with van der Waals surface area (Å²) in [7, 11) is 0. The number of benzene rings is 1. The Hall–Kier alpha value is -1.75. The molecule has 0 unspecified atom stereocenters. The van der Waals surface area contributed by atoms with Gasteiger partial charge in [-0.1, -0.05) is 0 Å². The second-order valence-electron chi connectivity index (χ2n) is 3.79. The number of aromatic nitrogens is 2. The van der Waals surface area contributed by atoms with Crippen LogP contribution < -0.4 is 5.73 Å². The van der Waals surface area contributed by atoms with E-state index in [9.17, 15) is 8.78 Å². The van der Waals surface area contributed by atoms with E-state index in [1.807, 2.05) is 0 Å². The van der Waals surface area contributed by atoms with Crippen molar-refractivity contribution in [2.45, 2.75) is 13.0 Å². The van der Waals surface area contributed by atoms with E-state index >= 15 is 0 Å². The summed E-state index contributed by atoms with van der Waals surface area (Å²) in [6.45, 7) is 0.760. The third-order valence-electron chi connectivity index (χ3n) is 2.55. The van der Waals surface area contributed by atoms with E-state index in [4.69, 9.17) is 5.73 Å². The number of halogens is 2. The fraction of sp³-hybridized carbons (Fsp3) is 0.250. The molecule has 0 radical (unpaired) electrons. The molecule has 5 heteroatoms. The monoisotopic (exact) mass is 237 g/mol. The Kier molecular flexibility index (Phi) is 3.49. The minimum absolute atomic E-state index is 0.263. The van der Waals surface area contributed by atoms with Gasteiger partial charge in [0.05, 0.1) is 12.9 Å². The molecule has 0 atom stereocenters. The first-order chi connectivity index (χ1) is 8.20. The molecule has 3 nitrogen and oxygen atoms in total. The zero-order valence-electron chi connectivity index (χ0n) is 9.24. The van der Waals surface area contributed by atoms with Crippen molar-refractivity contribution in [3.05, 3.63) is 53.6 Å². The lowest BCUT2D eigenvalue weighted by Crippen LogP contribution is -2.10. The third-order valence-corrected chi connectivity index (χ3v) is 2.55. The molecule has 0 saturated carbocycles. The molecule has 2 N–H and O–H groups in total. The van der Waals surface area contributed by atoms with Crippen LogP contribution in [0.3, 0.4) is 0 Å². The van der Waals surface area contributed by atoms with Gasteiger partial charge in [-0.05, 0) is 24.7 Å². The average molecular weight is 237 g/mol. The Morgan fingerprint density at radius 2 is 2.12 bits per heavy atom. The van der Waals surface area contributed by atoms with Crippen molar-refractivity contribution < 1.29 is 8.78 Å². The van der Waals surface area contributed by atoms with E-state index in [0.29, 0.717) is 18.5 Å². The van der Waals surface area contributed by atoms with Crippen LogP contribution in [0.2, 0.25) is 0 Å². The van der Waals surface area contributed by atoms with Crippen LogP contribution in [0.15, 0.2) is 30.7 Å². The Bertz CT molecular complexity index is 508.